The first-order valence-electron chi connectivity index (χ1n) is 6.17. The minimum absolute atomic E-state index is 0.0693. The van der Waals surface area contributed by atoms with Crippen molar-refractivity contribution < 1.29 is 14.3 Å². The fourth-order valence-corrected chi connectivity index (χ4v) is 2.57. The van der Waals surface area contributed by atoms with Crippen molar-refractivity contribution in [1.29, 1.82) is 0 Å². The number of carbonyl (C=O) groups is 1. The highest BCUT2D eigenvalue weighted by Crippen LogP contribution is 2.28. The lowest BCUT2D eigenvalue weighted by Gasteiger charge is -2.09. The molecule has 2 rings (SSSR count). The highest BCUT2D eigenvalue weighted by atomic mass is 32.2. The summed E-state index contributed by atoms with van der Waals surface area (Å²) in [4.78, 5) is 13.3. The molecule has 0 aliphatic heterocycles. The Morgan fingerprint density at radius 1 is 1.00 bits per heavy atom. The van der Waals surface area contributed by atoms with E-state index in [1.807, 2.05) is 30.3 Å². The van der Waals surface area contributed by atoms with Crippen LogP contribution in [0.1, 0.15) is 10.4 Å². The second-order valence-corrected chi connectivity index (χ2v) is 5.14. The van der Waals surface area contributed by atoms with Gasteiger partial charge in [-0.3, -0.25) is 4.79 Å². The van der Waals surface area contributed by atoms with E-state index in [1.54, 1.807) is 32.4 Å². The van der Waals surface area contributed by atoms with Crippen LogP contribution in [0.25, 0.3) is 0 Å². The number of thioether (sulfide) groups is 1. The number of carbonyl (C=O) groups excluding carboxylic acids is 1. The van der Waals surface area contributed by atoms with Crippen LogP contribution in [-0.4, -0.2) is 25.8 Å². The molecule has 4 heteroatoms. The summed E-state index contributed by atoms with van der Waals surface area (Å²) in [7, 11) is 3.13. The van der Waals surface area contributed by atoms with Gasteiger partial charge < -0.3 is 9.47 Å². The Morgan fingerprint density at radius 3 is 2.35 bits per heavy atom. The normalized spacial score (nSPS) is 10.1. The van der Waals surface area contributed by atoms with Gasteiger partial charge in [0.1, 0.15) is 0 Å². The molecule has 0 bridgehead atoms. The molecule has 0 saturated heterocycles. The third-order valence-electron chi connectivity index (χ3n) is 2.82. The Balaban J connectivity index is 2.06. The van der Waals surface area contributed by atoms with Gasteiger partial charge in [0.15, 0.2) is 17.3 Å². The standard InChI is InChI=1S/C16H16O3S/c1-18-15-9-8-12(10-16(15)19-2)14(17)11-20-13-6-4-3-5-7-13/h3-10H,11H2,1-2H3. The zero-order valence-electron chi connectivity index (χ0n) is 11.5. The average molecular weight is 288 g/mol. The largest absolute Gasteiger partial charge is 0.493 e. The maximum atomic E-state index is 12.2. The molecule has 0 N–H and O–H groups in total. The molecule has 0 radical (unpaired) electrons. The Labute approximate surface area is 122 Å². The van der Waals surface area contributed by atoms with Gasteiger partial charge in [-0.1, -0.05) is 18.2 Å². The lowest BCUT2D eigenvalue weighted by Crippen LogP contribution is -2.03. The molecule has 20 heavy (non-hydrogen) atoms. The fourth-order valence-electron chi connectivity index (χ4n) is 1.76. The van der Waals surface area contributed by atoms with Crippen molar-refractivity contribution in [3.8, 4) is 11.5 Å². The molecule has 0 heterocycles. The van der Waals surface area contributed by atoms with E-state index in [4.69, 9.17) is 9.47 Å². The molecule has 104 valence electrons. The summed E-state index contributed by atoms with van der Waals surface area (Å²) in [5.74, 6) is 1.67. The van der Waals surface area contributed by atoms with Crippen molar-refractivity contribution >= 4 is 17.5 Å². The molecular formula is C16H16O3S. The van der Waals surface area contributed by atoms with Crippen LogP contribution in [0, 0.1) is 0 Å². The van der Waals surface area contributed by atoms with Gasteiger partial charge in [-0.15, -0.1) is 11.8 Å². The van der Waals surface area contributed by atoms with Crippen LogP contribution >= 0.6 is 11.8 Å². The summed E-state index contributed by atoms with van der Waals surface area (Å²) in [6.07, 6.45) is 0. The van der Waals surface area contributed by atoms with E-state index in [0.29, 0.717) is 22.8 Å². The van der Waals surface area contributed by atoms with Crippen molar-refractivity contribution in [3.05, 3.63) is 54.1 Å². The molecule has 0 unspecified atom stereocenters. The number of hydrogen-bond donors (Lipinski definition) is 0. The number of methoxy groups -OCH3 is 2. The molecule has 0 saturated carbocycles. The van der Waals surface area contributed by atoms with Crippen LogP contribution in [0.2, 0.25) is 0 Å². The van der Waals surface area contributed by atoms with Crippen molar-refractivity contribution in [2.24, 2.45) is 0 Å². The smallest absolute Gasteiger partial charge is 0.173 e. The third-order valence-corrected chi connectivity index (χ3v) is 3.83. The Morgan fingerprint density at radius 2 is 1.70 bits per heavy atom. The van der Waals surface area contributed by atoms with Crippen LogP contribution in [0.15, 0.2) is 53.4 Å². The van der Waals surface area contributed by atoms with E-state index in [0.717, 1.165) is 4.90 Å². The Bertz CT molecular complexity index is 582. The van der Waals surface area contributed by atoms with Crippen molar-refractivity contribution in [3.63, 3.8) is 0 Å². The second-order valence-electron chi connectivity index (χ2n) is 4.09. The molecule has 0 atom stereocenters. The van der Waals surface area contributed by atoms with Gasteiger partial charge >= 0.3 is 0 Å². The third kappa shape index (κ3) is 3.54. The molecule has 0 spiro atoms. The first kappa shape index (κ1) is 14.5. The van der Waals surface area contributed by atoms with E-state index in [1.165, 1.54) is 11.8 Å². The number of benzene rings is 2. The molecule has 2 aromatic carbocycles. The number of hydrogen-bond acceptors (Lipinski definition) is 4. The number of ketones is 1. The monoisotopic (exact) mass is 288 g/mol. The van der Waals surface area contributed by atoms with Crippen LogP contribution in [0.4, 0.5) is 0 Å². The minimum atomic E-state index is 0.0693. The molecular weight excluding hydrogens is 272 g/mol. The minimum Gasteiger partial charge on any atom is -0.493 e. The average Bonchev–Trinajstić information content (AvgIpc) is 2.52. The van der Waals surface area contributed by atoms with Crippen LogP contribution in [0.3, 0.4) is 0 Å². The molecule has 3 nitrogen and oxygen atoms in total. The Kier molecular flexibility index (Phi) is 5.07. The van der Waals surface area contributed by atoms with Crippen LogP contribution < -0.4 is 9.47 Å². The van der Waals surface area contributed by atoms with Gasteiger partial charge in [0.25, 0.3) is 0 Å². The highest BCUT2D eigenvalue weighted by molar-refractivity contribution is 8.00. The first-order chi connectivity index (χ1) is 9.74. The second kappa shape index (κ2) is 7.01. The van der Waals surface area contributed by atoms with Crippen molar-refractivity contribution in [1.82, 2.24) is 0 Å². The van der Waals surface area contributed by atoms with E-state index in [2.05, 4.69) is 0 Å². The molecule has 0 fully saturated rings. The Hall–Kier alpha value is -1.94. The van der Waals surface area contributed by atoms with Gasteiger partial charge in [0.05, 0.1) is 20.0 Å². The quantitative estimate of drug-likeness (QED) is 0.600. The maximum absolute atomic E-state index is 12.2. The number of ether oxygens (including phenoxy) is 2. The van der Waals surface area contributed by atoms with Gasteiger partial charge in [0, 0.05) is 10.5 Å². The zero-order chi connectivity index (χ0) is 14.4. The van der Waals surface area contributed by atoms with Crippen LogP contribution in [0.5, 0.6) is 11.5 Å². The van der Waals surface area contributed by atoms with Crippen molar-refractivity contribution in [2.45, 2.75) is 4.90 Å². The summed E-state index contributed by atoms with van der Waals surface area (Å²) >= 11 is 1.53. The molecule has 0 aliphatic carbocycles. The predicted molar refractivity (Wildman–Crippen MR) is 81.0 cm³/mol. The highest BCUT2D eigenvalue weighted by Gasteiger charge is 2.11. The van der Waals surface area contributed by atoms with Gasteiger partial charge in [-0.2, -0.15) is 0 Å². The number of Topliss-reactive ketones (excluding diaryl/α,β-unsaturated/α-hetero) is 1. The van der Waals surface area contributed by atoms with E-state index in [-0.39, 0.29) is 5.78 Å². The lowest BCUT2D eigenvalue weighted by atomic mass is 10.1. The maximum Gasteiger partial charge on any atom is 0.173 e. The molecule has 0 amide bonds. The van der Waals surface area contributed by atoms with Crippen LogP contribution in [-0.2, 0) is 0 Å². The predicted octanol–water partition coefficient (Wildman–Crippen LogP) is 3.68. The summed E-state index contributed by atoms with van der Waals surface area (Å²) in [5.41, 5.74) is 0.631. The zero-order valence-corrected chi connectivity index (χ0v) is 12.3. The summed E-state index contributed by atoms with van der Waals surface area (Å²) in [6.45, 7) is 0. The van der Waals surface area contributed by atoms with E-state index < -0.39 is 0 Å². The first-order valence-corrected chi connectivity index (χ1v) is 7.16. The summed E-state index contributed by atoms with van der Waals surface area (Å²) < 4.78 is 10.4. The molecule has 0 aliphatic rings. The van der Waals surface area contributed by atoms with E-state index in [9.17, 15) is 4.79 Å². The SMILES string of the molecule is COc1ccc(C(=O)CSc2ccccc2)cc1OC. The molecule has 0 aromatic heterocycles. The summed E-state index contributed by atoms with van der Waals surface area (Å²) in [5, 5.41) is 0. The topological polar surface area (TPSA) is 35.5 Å². The van der Waals surface area contributed by atoms with Gasteiger partial charge in [0.2, 0.25) is 0 Å². The van der Waals surface area contributed by atoms with Gasteiger partial charge in [-0.05, 0) is 30.3 Å². The molecule has 2 aromatic rings. The van der Waals surface area contributed by atoms with Crippen molar-refractivity contribution in [2.75, 3.05) is 20.0 Å². The fraction of sp³-hybridized carbons (Fsp3) is 0.188. The van der Waals surface area contributed by atoms with E-state index >= 15 is 0 Å². The number of rotatable bonds is 6. The lowest BCUT2D eigenvalue weighted by molar-refractivity contribution is 0.102. The summed E-state index contributed by atoms with van der Waals surface area (Å²) in [6, 6.07) is 15.1. The van der Waals surface area contributed by atoms with Gasteiger partial charge in [-0.25, -0.2) is 0 Å².